The van der Waals surface area contributed by atoms with E-state index in [-0.39, 0.29) is 31.1 Å². The molecule has 1 N–H and O–H groups in total. The smallest absolute Gasteiger partial charge is 0.345 e. The Morgan fingerprint density at radius 1 is 1.39 bits per heavy atom. The highest BCUT2D eigenvalue weighted by atomic mass is 35.5. The van der Waals surface area contributed by atoms with E-state index < -0.39 is 6.61 Å². The van der Waals surface area contributed by atoms with Crippen LogP contribution >= 0.6 is 23.4 Å². The fraction of sp³-hybridized carbons (Fsp3) is 0.273. The molecule has 31 heavy (non-hydrogen) atoms. The average Bonchev–Trinajstić information content (AvgIpc) is 2.99. The monoisotopic (exact) mass is 470 g/mol. The van der Waals surface area contributed by atoms with Crippen LogP contribution in [0.2, 0.25) is 5.02 Å². The van der Waals surface area contributed by atoms with Crippen molar-refractivity contribution in [2.24, 2.45) is 4.99 Å². The first-order valence-electron chi connectivity index (χ1n) is 8.97. The van der Waals surface area contributed by atoms with Gasteiger partial charge in [-0.25, -0.2) is 4.99 Å². The Kier molecular flexibility index (Phi) is 14.8. The Balaban J connectivity index is 0.00000165. The molecule has 0 aliphatic carbocycles. The molecule has 0 bridgehead atoms. The van der Waals surface area contributed by atoms with Gasteiger partial charge in [-0.3, -0.25) is 9.69 Å². The number of allylic oxidation sites excluding steroid dienone is 3. The molecule has 0 saturated carbocycles. The number of likely N-dealkylation sites (N-methyl/N-ethyl adjacent to an activating group) is 1. The molecule has 1 aliphatic rings. The number of rotatable bonds is 7. The van der Waals surface area contributed by atoms with Gasteiger partial charge in [0.15, 0.2) is 5.17 Å². The van der Waals surface area contributed by atoms with Gasteiger partial charge in [-0.2, -0.15) is 8.78 Å². The first-order valence-corrected chi connectivity index (χ1v) is 10.2. The van der Waals surface area contributed by atoms with Crippen molar-refractivity contribution in [3.63, 3.8) is 0 Å². The van der Waals surface area contributed by atoms with E-state index in [0.29, 0.717) is 20.8 Å². The van der Waals surface area contributed by atoms with Crippen LogP contribution in [-0.2, 0) is 9.53 Å². The van der Waals surface area contributed by atoms with Crippen molar-refractivity contribution in [1.82, 2.24) is 4.90 Å². The average molecular weight is 471 g/mol. The molecule has 2 rings (SSSR count). The number of nitrogens with zero attached hydrogens (tertiary/aromatic N) is 2. The van der Waals surface area contributed by atoms with E-state index in [1.54, 1.807) is 43.5 Å². The molecule has 0 unspecified atom stereocenters. The number of halogens is 3. The lowest BCUT2D eigenvalue weighted by atomic mass is 10.2. The van der Waals surface area contributed by atoms with Crippen LogP contribution in [-0.4, -0.2) is 41.3 Å². The Bertz CT molecular complexity index is 822. The van der Waals surface area contributed by atoms with Gasteiger partial charge in [-0.15, -0.1) is 19.4 Å². The van der Waals surface area contributed by atoms with Gasteiger partial charge in [-0.1, -0.05) is 23.8 Å². The first kappa shape index (κ1) is 28.4. The highest BCUT2D eigenvalue weighted by Gasteiger charge is 2.29. The molecule has 1 amide bonds. The number of terminal acetylenes is 1. The second-order valence-electron chi connectivity index (χ2n) is 5.63. The highest BCUT2D eigenvalue weighted by molar-refractivity contribution is 8.18. The molecule has 0 atom stereocenters. The van der Waals surface area contributed by atoms with Gasteiger partial charge in [0.05, 0.1) is 23.0 Å². The molecule has 168 valence electrons. The third-order valence-corrected chi connectivity index (χ3v) is 4.67. The Morgan fingerprint density at radius 2 is 1.97 bits per heavy atom. The van der Waals surface area contributed by atoms with Crippen molar-refractivity contribution < 1.29 is 23.4 Å². The summed E-state index contributed by atoms with van der Waals surface area (Å²) in [5.74, 6) is -0.266. The van der Waals surface area contributed by atoms with Crippen molar-refractivity contribution in [3.05, 3.63) is 64.8 Å². The van der Waals surface area contributed by atoms with Crippen LogP contribution in [0.1, 0.15) is 19.8 Å². The molecule has 1 aromatic carbocycles. The number of hydrogen-bond donors (Lipinski definition) is 1. The van der Waals surface area contributed by atoms with E-state index in [1.807, 2.05) is 6.92 Å². The third kappa shape index (κ3) is 11.4. The van der Waals surface area contributed by atoms with Crippen LogP contribution in [0.3, 0.4) is 0 Å². The number of amidine groups is 1. The van der Waals surface area contributed by atoms with Crippen molar-refractivity contribution in [3.8, 4) is 12.8 Å². The van der Waals surface area contributed by atoms with Gasteiger partial charge < -0.3 is 9.84 Å². The summed E-state index contributed by atoms with van der Waals surface area (Å²) in [6.45, 7) is 2.12. The van der Waals surface area contributed by atoms with Crippen LogP contribution < -0.4 is 0 Å². The molecule has 1 fully saturated rings. The van der Waals surface area contributed by atoms with E-state index in [9.17, 15) is 18.7 Å². The minimum atomic E-state index is -2.86. The van der Waals surface area contributed by atoms with E-state index in [1.165, 1.54) is 22.7 Å². The number of alkyl halides is 2. The number of aliphatic hydroxyl groups is 1. The minimum Gasteiger partial charge on any atom is -0.513 e. The molecule has 5 nitrogen and oxygen atoms in total. The van der Waals surface area contributed by atoms with Crippen molar-refractivity contribution >= 4 is 40.1 Å². The van der Waals surface area contributed by atoms with E-state index >= 15 is 0 Å². The Hall–Kier alpha value is -2.60. The zero-order chi connectivity index (χ0) is 23.8. The lowest BCUT2D eigenvalue weighted by molar-refractivity contribution is -0.128. The molecule has 9 heteroatoms. The molecule has 0 spiro atoms. The van der Waals surface area contributed by atoms with Crippen LogP contribution in [0.15, 0.2) is 64.7 Å². The molecule has 1 heterocycles. The molecule has 0 radical (unpaired) electrons. The predicted molar refractivity (Wildman–Crippen MR) is 125 cm³/mol. The van der Waals surface area contributed by atoms with Crippen LogP contribution in [0, 0.1) is 12.8 Å². The largest absolute Gasteiger partial charge is 0.513 e. The summed E-state index contributed by atoms with van der Waals surface area (Å²) < 4.78 is 27.7. The van der Waals surface area contributed by atoms with Crippen LogP contribution in [0.4, 0.5) is 14.5 Å². The summed E-state index contributed by atoms with van der Waals surface area (Å²) in [5, 5.41) is 10.7. The van der Waals surface area contributed by atoms with Crippen molar-refractivity contribution in [2.45, 2.75) is 26.4 Å². The first-order chi connectivity index (χ1) is 14.8. The van der Waals surface area contributed by atoms with Gasteiger partial charge in [-0.05, 0) is 55.4 Å². The van der Waals surface area contributed by atoms with Gasteiger partial charge in [0.25, 0.3) is 5.91 Å². The Morgan fingerprint density at radius 3 is 2.52 bits per heavy atom. The number of aliphatic hydroxyl groups excluding tert-OH is 1. The van der Waals surface area contributed by atoms with E-state index in [2.05, 4.69) is 29.2 Å². The number of benzene rings is 1. The van der Waals surface area contributed by atoms with Crippen LogP contribution in [0.25, 0.3) is 0 Å². The Labute approximate surface area is 191 Å². The zero-order valence-corrected chi connectivity index (χ0v) is 18.9. The fourth-order valence-electron chi connectivity index (χ4n) is 1.97. The maximum absolute atomic E-state index is 12.2. The van der Waals surface area contributed by atoms with Gasteiger partial charge in [0, 0.05) is 18.5 Å². The molecular formula is C22H25ClF2N2O3S. The minimum absolute atomic E-state index is 0.0161. The quantitative estimate of drug-likeness (QED) is 0.219. The number of hydrogen-bond acceptors (Lipinski definition) is 5. The van der Waals surface area contributed by atoms with Gasteiger partial charge in [0.1, 0.15) is 0 Å². The molecule has 1 aliphatic heterocycles. The summed E-state index contributed by atoms with van der Waals surface area (Å²) in [6, 6.07) is 6.92. The lowest BCUT2D eigenvalue weighted by Gasteiger charge is -2.06. The summed E-state index contributed by atoms with van der Waals surface area (Å²) in [5.41, 5.74) is 0.675. The van der Waals surface area contributed by atoms with Crippen LogP contribution in [0.5, 0.6) is 0 Å². The van der Waals surface area contributed by atoms with E-state index in [0.717, 1.165) is 0 Å². The third-order valence-electron chi connectivity index (χ3n) is 3.31. The molecular weight excluding hydrogens is 446 g/mol. The normalized spacial score (nSPS) is 16.1. The molecule has 1 aromatic rings. The topological polar surface area (TPSA) is 62.1 Å². The number of carbonyl (C=O) groups excluding carboxylic acids is 1. The van der Waals surface area contributed by atoms with E-state index in [4.69, 9.17) is 11.6 Å². The number of amides is 1. The molecule has 1 saturated heterocycles. The second-order valence-corrected chi connectivity index (χ2v) is 7.07. The lowest BCUT2D eigenvalue weighted by Crippen LogP contribution is -2.23. The number of aliphatic imine (C=N–C) groups is 1. The maximum Gasteiger partial charge on any atom is 0.345 e. The number of ether oxygens (including phenoxy) is 1. The van der Waals surface area contributed by atoms with Crippen molar-refractivity contribution in [2.75, 3.05) is 13.7 Å². The second kappa shape index (κ2) is 16.1. The van der Waals surface area contributed by atoms with Crippen molar-refractivity contribution in [1.29, 1.82) is 0 Å². The SMILES string of the molecule is C#C.C=CC.CN1C(=O)/C(=C/C/C=C(/O)CCOC(F)F)SC1=Nc1ccc(Cl)cc1. The highest BCUT2D eigenvalue weighted by Crippen LogP contribution is 2.32. The zero-order valence-electron chi connectivity index (χ0n) is 17.3. The summed E-state index contributed by atoms with van der Waals surface area (Å²) in [6.07, 6.45) is 13.1. The number of thioether (sulfide) groups is 1. The van der Waals surface area contributed by atoms with Gasteiger partial charge >= 0.3 is 6.61 Å². The predicted octanol–water partition coefficient (Wildman–Crippen LogP) is 6.32. The molecule has 0 aromatic heterocycles. The fourth-order valence-corrected chi connectivity index (χ4v) is 3.07. The maximum atomic E-state index is 12.2. The standard InChI is InChI=1S/C17H17ClF2N2O3S.C3H6.C2H2/c1-22-15(24)14(4-2-3-13(23)9-10-25-16(19)20)26-17(22)21-12-7-5-11(18)6-8-12;1-3-2;1-2/h3-8,16,23H,2,9-10H2,1H3;3H,1H2,2H3;1-2H/b13-3+,14-4-,21-17?;;. The summed E-state index contributed by atoms with van der Waals surface area (Å²) in [7, 11) is 1.62. The van der Waals surface area contributed by atoms with Gasteiger partial charge in [0.2, 0.25) is 0 Å². The number of carbonyl (C=O) groups is 1. The summed E-state index contributed by atoms with van der Waals surface area (Å²) in [4.78, 5) is 18.6. The summed E-state index contributed by atoms with van der Waals surface area (Å²) >= 11 is 7.05.